The first-order valence-electron chi connectivity index (χ1n) is 10.1. The standard InChI is InChI=1S/C24H21F3N2O4/c1-13-5-3-6-16(24(25,26)27)19(13)22(31)29-17-7-4-8-18(30)20(17)21(28)14-9-11-15(12-10-14)23(32)33-2/h3,5-6,9-12,28H,4,7-8H2,1-2H3,(H,29,31). The number of aryl methyl sites for hydroxylation is 1. The van der Waals surface area contributed by atoms with Gasteiger partial charge in [-0.25, -0.2) is 4.79 Å². The van der Waals surface area contributed by atoms with Crippen LogP contribution in [0.2, 0.25) is 0 Å². The highest BCUT2D eigenvalue weighted by molar-refractivity contribution is 6.28. The molecule has 0 aliphatic heterocycles. The van der Waals surface area contributed by atoms with Gasteiger partial charge in [0.25, 0.3) is 5.91 Å². The van der Waals surface area contributed by atoms with Gasteiger partial charge in [0.15, 0.2) is 5.78 Å². The van der Waals surface area contributed by atoms with Gasteiger partial charge in [-0.1, -0.05) is 24.3 Å². The first-order valence-corrected chi connectivity index (χ1v) is 10.1. The molecule has 0 unspecified atom stereocenters. The third-order valence-corrected chi connectivity index (χ3v) is 5.33. The molecular weight excluding hydrogens is 437 g/mol. The summed E-state index contributed by atoms with van der Waals surface area (Å²) in [7, 11) is 1.23. The Bertz CT molecular complexity index is 1170. The van der Waals surface area contributed by atoms with Crippen LogP contribution in [0.25, 0.3) is 0 Å². The lowest BCUT2D eigenvalue weighted by atomic mass is 9.88. The Morgan fingerprint density at radius 3 is 2.27 bits per heavy atom. The van der Waals surface area contributed by atoms with Gasteiger partial charge in [0.05, 0.1) is 35.1 Å². The zero-order valence-electron chi connectivity index (χ0n) is 17.9. The number of methoxy groups -OCH3 is 1. The summed E-state index contributed by atoms with van der Waals surface area (Å²) in [6, 6.07) is 9.25. The van der Waals surface area contributed by atoms with Crippen LogP contribution in [0.5, 0.6) is 0 Å². The van der Waals surface area contributed by atoms with Gasteiger partial charge in [0.1, 0.15) is 0 Å². The normalized spacial score (nSPS) is 14.2. The van der Waals surface area contributed by atoms with E-state index in [0.29, 0.717) is 12.0 Å². The van der Waals surface area contributed by atoms with Gasteiger partial charge in [-0.2, -0.15) is 13.2 Å². The van der Waals surface area contributed by atoms with Gasteiger partial charge in [-0.05, 0) is 43.5 Å². The third kappa shape index (κ3) is 5.02. The maximum Gasteiger partial charge on any atom is 0.417 e. The molecule has 33 heavy (non-hydrogen) atoms. The third-order valence-electron chi connectivity index (χ3n) is 5.33. The second-order valence-electron chi connectivity index (χ2n) is 7.52. The summed E-state index contributed by atoms with van der Waals surface area (Å²) in [5.74, 6) is -1.94. The van der Waals surface area contributed by atoms with Crippen LogP contribution < -0.4 is 5.32 Å². The van der Waals surface area contributed by atoms with E-state index in [9.17, 15) is 27.6 Å². The molecule has 1 amide bonds. The molecule has 3 rings (SSSR count). The molecule has 172 valence electrons. The van der Waals surface area contributed by atoms with Gasteiger partial charge >= 0.3 is 12.1 Å². The highest BCUT2D eigenvalue weighted by atomic mass is 19.4. The molecule has 1 aliphatic rings. The quantitative estimate of drug-likeness (QED) is 0.505. The summed E-state index contributed by atoms with van der Waals surface area (Å²) in [5, 5.41) is 11.0. The number of alkyl halides is 3. The molecule has 2 aromatic carbocycles. The van der Waals surface area contributed by atoms with E-state index in [0.717, 1.165) is 6.07 Å². The largest absolute Gasteiger partial charge is 0.465 e. The van der Waals surface area contributed by atoms with Gasteiger partial charge in [-0.3, -0.25) is 15.0 Å². The second kappa shape index (κ2) is 9.40. The predicted octanol–water partition coefficient (Wildman–Crippen LogP) is 4.61. The highest BCUT2D eigenvalue weighted by Crippen LogP contribution is 2.34. The Labute approximate surface area is 188 Å². The van der Waals surface area contributed by atoms with Crippen LogP contribution in [0, 0.1) is 12.3 Å². The molecule has 0 fully saturated rings. The second-order valence-corrected chi connectivity index (χ2v) is 7.52. The van der Waals surface area contributed by atoms with Gasteiger partial charge in [0.2, 0.25) is 0 Å². The fourth-order valence-corrected chi connectivity index (χ4v) is 3.70. The van der Waals surface area contributed by atoms with Crippen LogP contribution in [-0.4, -0.2) is 30.5 Å². The van der Waals surface area contributed by atoms with E-state index in [1.807, 2.05) is 0 Å². The fourth-order valence-electron chi connectivity index (χ4n) is 3.70. The monoisotopic (exact) mass is 458 g/mol. The van der Waals surface area contributed by atoms with E-state index < -0.39 is 29.2 Å². The fraction of sp³-hybridized carbons (Fsp3) is 0.250. The number of nitrogens with one attached hydrogen (secondary N) is 2. The van der Waals surface area contributed by atoms with Crippen molar-refractivity contribution >= 4 is 23.4 Å². The molecule has 0 saturated carbocycles. The van der Waals surface area contributed by atoms with Crippen LogP contribution in [-0.2, 0) is 15.7 Å². The Morgan fingerprint density at radius 2 is 1.67 bits per heavy atom. The number of amides is 1. The van der Waals surface area contributed by atoms with Crippen LogP contribution in [0.15, 0.2) is 53.7 Å². The number of carbonyl (C=O) groups excluding carboxylic acids is 3. The van der Waals surface area contributed by atoms with E-state index in [4.69, 9.17) is 5.41 Å². The molecule has 0 spiro atoms. The summed E-state index contributed by atoms with van der Waals surface area (Å²) in [6.45, 7) is 1.40. The number of rotatable bonds is 5. The van der Waals surface area contributed by atoms with Crippen molar-refractivity contribution < 1.29 is 32.3 Å². The lowest BCUT2D eigenvalue weighted by molar-refractivity contribution is -0.138. The van der Waals surface area contributed by atoms with Gasteiger partial charge in [0, 0.05) is 17.7 Å². The Kier molecular flexibility index (Phi) is 6.81. The number of carbonyl (C=O) groups is 3. The highest BCUT2D eigenvalue weighted by Gasteiger charge is 2.36. The minimum absolute atomic E-state index is 0.0532. The van der Waals surface area contributed by atoms with Crippen LogP contribution in [0.1, 0.15) is 56.7 Å². The maximum atomic E-state index is 13.5. The van der Waals surface area contributed by atoms with Crippen molar-refractivity contribution in [3.05, 3.63) is 81.6 Å². The average Bonchev–Trinajstić information content (AvgIpc) is 2.77. The summed E-state index contributed by atoms with van der Waals surface area (Å²) < 4.78 is 45.0. The van der Waals surface area contributed by atoms with Crippen LogP contribution in [0.4, 0.5) is 13.2 Å². The van der Waals surface area contributed by atoms with Crippen LogP contribution in [0.3, 0.4) is 0 Å². The molecule has 0 radical (unpaired) electrons. The maximum absolute atomic E-state index is 13.5. The van der Waals surface area contributed by atoms with Crippen molar-refractivity contribution in [2.75, 3.05) is 7.11 Å². The SMILES string of the molecule is COC(=O)c1ccc(C(=N)C2=C(NC(=O)c3c(C)cccc3C(F)(F)F)CCCC2=O)cc1. The Morgan fingerprint density at radius 1 is 1.03 bits per heavy atom. The average molecular weight is 458 g/mol. The number of allylic oxidation sites excluding steroid dienone is 2. The Balaban J connectivity index is 1.99. The van der Waals surface area contributed by atoms with E-state index in [2.05, 4.69) is 10.1 Å². The summed E-state index contributed by atoms with van der Waals surface area (Å²) in [4.78, 5) is 37.1. The topological polar surface area (TPSA) is 96.3 Å². The van der Waals surface area contributed by atoms with Crippen molar-refractivity contribution in [1.29, 1.82) is 5.41 Å². The van der Waals surface area contributed by atoms with E-state index in [-0.39, 0.29) is 46.7 Å². The number of halogens is 3. The molecular formula is C24H21F3N2O4. The first-order chi connectivity index (χ1) is 15.5. The van der Waals surface area contributed by atoms with E-state index in [1.54, 1.807) is 0 Å². The molecule has 0 atom stereocenters. The lowest BCUT2D eigenvalue weighted by Crippen LogP contribution is -2.32. The number of benzene rings is 2. The minimum Gasteiger partial charge on any atom is -0.465 e. The van der Waals surface area contributed by atoms with Crippen LogP contribution >= 0.6 is 0 Å². The predicted molar refractivity (Wildman–Crippen MR) is 114 cm³/mol. The summed E-state index contributed by atoms with van der Waals surface area (Å²) in [6.07, 6.45) is -3.96. The van der Waals surface area contributed by atoms with Crippen molar-refractivity contribution in [2.45, 2.75) is 32.4 Å². The number of Topliss-reactive ketones (excluding diaryl/α,β-unsaturated/α-hetero) is 1. The smallest absolute Gasteiger partial charge is 0.417 e. The molecule has 6 nitrogen and oxygen atoms in total. The van der Waals surface area contributed by atoms with Gasteiger partial charge < -0.3 is 10.1 Å². The molecule has 0 bridgehead atoms. The minimum atomic E-state index is -4.73. The van der Waals surface area contributed by atoms with Crippen molar-refractivity contribution in [3.63, 3.8) is 0 Å². The molecule has 2 N–H and O–H groups in total. The van der Waals surface area contributed by atoms with E-state index >= 15 is 0 Å². The molecule has 1 aliphatic carbocycles. The van der Waals surface area contributed by atoms with Crippen molar-refractivity contribution in [1.82, 2.24) is 5.32 Å². The zero-order chi connectivity index (χ0) is 24.3. The summed E-state index contributed by atoms with van der Waals surface area (Å²) in [5.41, 5.74) is -1.02. The number of ether oxygens (including phenoxy) is 1. The molecule has 0 heterocycles. The molecule has 2 aromatic rings. The molecule has 0 aromatic heterocycles. The van der Waals surface area contributed by atoms with E-state index in [1.165, 1.54) is 50.4 Å². The number of ketones is 1. The first kappa shape index (κ1) is 23.9. The lowest BCUT2D eigenvalue weighted by Gasteiger charge is -2.22. The number of hydrogen-bond acceptors (Lipinski definition) is 5. The van der Waals surface area contributed by atoms with Crippen molar-refractivity contribution in [2.24, 2.45) is 0 Å². The summed E-state index contributed by atoms with van der Waals surface area (Å²) >= 11 is 0. The molecule has 0 saturated heterocycles. The van der Waals surface area contributed by atoms with Gasteiger partial charge in [-0.15, -0.1) is 0 Å². The number of esters is 1. The molecule has 9 heteroatoms. The van der Waals surface area contributed by atoms with Crippen molar-refractivity contribution in [3.8, 4) is 0 Å². The number of hydrogen-bond donors (Lipinski definition) is 2. The zero-order valence-corrected chi connectivity index (χ0v) is 17.9. The Hall–Kier alpha value is -3.75.